The van der Waals surface area contributed by atoms with Crippen molar-refractivity contribution in [2.45, 2.75) is 9.92 Å². The highest BCUT2D eigenvalue weighted by Crippen LogP contribution is 2.28. The fraction of sp³-hybridized carbons (Fsp3) is 0. The number of nitrogen functional groups attached to an aromatic ring is 1. The highest BCUT2D eigenvalue weighted by molar-refractivity contribution is 7.91. The third-order valence-electron chi connectivity index (χ3n) is 4.88. The number of nitrogens with two attached hydrogens (primary N) is 1. The predicted molar refractivity (Wildman–Crippen MR) is 120 cm³/mol. The van der Waals surface area contributed by atoms with E-state index in [0.717, 1.165) is 29.5 Å². The molecule has 0 aliphatic rings. The van der Waals surface area contributed by atoms with Crippen molar-refractivity contribution in [2.75, 3.05) is 11.1 Å². The molecule has 0 spiro atoms. The van der Waals surface area contributed by atoms with Crippen LogP contribution in [0.3, 0.4) is 0 Å². The number of pyridine rings is 1. The average molecular weight is 465 g/mol. The number of nitrogens with zero attached hydrogens (tertiary/aromatic N) is 1. The van der Waals surface area contributed by atoms with E-state index in [2.05, 4.69) is 10.3 Å². The Bertz CT molecular complexity index is 1420. The molecule has 1 aromatic heterocycles. The largest absolute Gasteiger partial charge is 0.397 e. The summed E-state index contributed by atoms with van der Waals surface area (Å²) in [6.45, 7) is 0. The van der Waals surface area contributed by atoms with Crippen molar-refractivity contribution < 1.29 is 22.0 Å². The number of halogens is 2. The molecule has 33 heavy (non-hydrogen) atoms. The quantitative estimate of drug-likeness (QED) is 0.416. The van der Waals surface area contributed by atoms with E-state index in [4.69, 9.17) is 5.73 Å². The van der Waals surface area contributed by atoms with Gasteiger partial charge in [0.2, 0.25) is 9.84 Å². The minimum atomic E-state index is -3.96. The van der Waals surface area contributed by atoms with Gasteiger partial charge in [0.05, 0.1) is 22.5 Å². The maximum Gasteiger partial charge on any atom is 0.255 e. The van der Waals surface area contributed by atoms with Crippen molar-refractivity contribution >= 4 is 27.1 Å². The molecule has 0 fully saturated rings. The first-order valence-corrected chi connectivity index (χ1v) is 11.2. The molecule has 166 valence electrons. The zero-order valence-corrected chi connectivity index (χ0v) is 17.8. The lowest BCUT2D eigenvalue weighted by Gasteiger charge is -2.11. The Kier molecular flexibility index (Phi) is 5.89. The van der Waals surface area contributed by atoms with E-state index in [1.165, 1.54) is 36.4 Å². The number of rotatable bonds is 5. The minimum Gasteiger partial charge on any atom is -0.397 e. The predicted octanol–water partition coefficient (Wildman–Crippen LogP) is 4.69. The van der Waals surface area contributed by atoms with Crippen LogP contribution in [0.25, 0.3) is 11.1 Å². The van der Waals surface area contributed by atoms with Gasteiger partial charge in [-0.25, -0.2) is 22.2 Å². The lowest BCUT2D eigenvalue weighted by atomic mass is 10.0. The van der Waals surface area contributed by atoms with Crippen LogP contribution in [0.4, 0.5) is 20.2 Å². The Hall–Kier alpha value is -4.11. The van der Waals surface area contributed by atoms with E-state index in [9.17, 15) is 22.0 Å². The van der Waals surface area contributed by atoms with Gasteiger partial charge in [0.1, 0.15) is 11.6 Å². The molecule has 1 heterocycles. The van der Waals surface area contributed by atoms with Gasteiger partial charge in [0.15, 0.2) is 5.03 Å². The summed E-state index contributed by atoms with van der Waals surface area (Å²) in [6.07, 6.45) is 0.819. The molecule has 0 saturated carbocycles. The molecular weight excluding hydrogens is 448 g/mol. The molecule has 0 unspecified atom stereocenters. The van der Waals surface area contributed by atoms with E-state index >= 15 is 0 Å². The van der Waals surface area contributed by atoms with E-state index < -0.39 is 21.6 Å². The molecule has 0 saturated heterocycles. The third-order valence-corrected chi connectivity index (χ3v) is 6.57. The van der Waals surface area contributed by atoms with Crippen molar-refractivity contribution in [3.8, 4) is 11.1 Å². The number of sulfone groups is 1. The fourth-order valence-electron chi connectivity index (χ4n) is 3.11. The second-order valence-electron chi connectivity index (χ2n) is 7.11. The van der Waals surface area contributed by atoms with Gasteiger partial charge in [0, 0.05) is 5.56 Å². The van der Waals surface area contributed by atoms with Gasteiger partial charge < -0.3 is 11.1 Å². The van der Waals surface area contributed by atoms with E-state index in [-0.39, 0.29) is 21.3 Å². The first-order valence-electron chi connectivity index (χ1n) is 9.67. The van der Waals surface area contributed by atoms with Gasteiger partial charge in [-0.15, -0.1) is 0 Å². The Balaban J connectivity index is 1.55. The lowest BCUT2D eigenvalue weighted by molar-refractivity contribution is 0.102. The number of carbonyl (C=O) groups excluding carboxylic acids is 1. The summed E-state index contributed by atoms with van der Waals surface area (Å²) in [5.74, 6) is -1.51. The molecule has 4 rings (SSSR count). The Morgan fingerprint density at radius 3 is 2.09 bits per heavy atom. The van der Waals surface area contributed by atoms with Crippen LogP contribution >= 0.6 is 0 Å². The number of benzene rings is 3. The van der Waals surface area contributed by atoms with Crippen LogP contribution in [0, 0.1) is 11.6 Å². The van der Waals surface area contributed by atoms with Gasteiger partial charge >= 0.3 is 0 Å². The van der Waals surface area contributed by atoms with Crippen molar-refractivity contribution in [2.24, 2.45) is 0 Å². The maximum atomic E-state index is 13.2. The number of hydrogen-bond donors (Lipinski definition) is 2. The maximum absolute atomic E-state index is 13.2. The summed E-state index contributed by atoms with van der Waals surface area (Å²) in [7, 11) is -3.96. The normalized spacial score (nSPS) is 11.2. The molecule has 9 heteroatoms. The Labute approximate surface area is 188 Å². The van der Waals surface area contributed by atoms with E-state index in [1.54, 1.807) is 30.3 Å². The second kappa shape index (κ2) is 8.79. The molecule has 4 aromatic rings. The smallest absolute Gasteiger partial charge is 0.255 e. The van der Waals surface area contributed by atoms with Crippen molar-refractivity contribution in [3.05, 3.63) is 102 Å². The fourth-order valence-corrected chi connectivity index (χ4v) is 4.28. The van der Waals surface area contributed by atoms with Crippen LogP contribution in [0.1, 0.15) is 10.4 Å². The lowest BCUT2D eigenvalue weighted by Crippen LogP contribution is -2.13. The van der Waals surface area contributed by atoms with Crippen LogP contribution in [0.2, 0.25) is 0 Å². The minimum absolute atomic E-state index is 0.0871. The zero-order valence-electron chi connectivity index (χ0n) is 17.0. The van der Waals surface area contributed by atoms with Crippen LogP contribution in [0.5, 0.6) is 0 Å². The number of nitrogens with one attached hydrogen (secondary N) is 1. The van der Waals surface area contributed by atoms with Gasteiger partial charge in [-0.2, -0.15) is 0 Å². The first-order chi connectivity index (χ1) is 15.7. The highest BCUT2D eigenvalue weighted by Gasteiger charge is 2.20. The number of carbonyl (C=O) groups is 1. The summed E-state index contributed by atoms with van der Waals surface area (Å²) >= 11 is 0. The molecule has 0 bridgehead atoms. The molecule has 0 aliphatic heterocycles. The van der Waals surface area contributed by atoms with Crippen LogP contribution in [-0.4, -0.2) is 19.3 Å². The van der Waals surface area contributed by atoms with Crippen molar-refractivity contribution in [1.82, 2.24) is 4.98 Å². The zero-order chi connectivity index (χ0) is 23.6. The molecule has 0 aliphatic carbocycles. The Morgan fingerprint density at radius 1 is 0.818 bits per heavy atom. The molecular formula is C24H17F2N3O3S. The third kappa shape index (κ3) is 4.73. The summed E-state index contributed by atoms with van der Waals surface area (Å²) in [4.78, 5) is 16.2. The van der Waals surface area contributed by atoms with Gasteiger partial charge in [0.25, 0.3) is 5.91 Å². The summed E-state index contributed by atoms with van der Waals surface area (Å²) in [6, 6.07) is 18.3. The van der Waals surface area contributed by atoms with Gasteiger partial charge in [-0.3, -0.25) is 4.79 Å². The summed E-state index contributed by atoms with van der Waals surface area (Å²) in [5.41, 5.74) is 8.35. The molecule has 0 atom stereocenters. The van der Waals surface area contributed by atoms with Crippen LogP contribution < -0.4 is 11.1 Å². The topological polar surface area (TPSA) is 102 Å². The molecule has 0 radical (unpaired) electrons. The number of amides is 1. The number of hydrogen-bond acceptors (Lipinski definition) is 5. The SMILES string of the molecule is Nc1ccc(-c2ccc(F)cc2)cc1NC(=O)c1ccc(S(=O)(=O)c2ccc(F)cn2)cc1. The summed E-state index contributed by atoms with van der Waals surface area (Å²) < 4.78 is 51.5. The van der Waals surface area contributed by atoms with Crippen molar-refractivity contribution in [1.29, 1.82) is 0 Å². The van der Waals surface area contributed by atoms with E-state index in [1.807, 2.05) is 0 Å². The molecule has 1 amide bonds. The Morgan fingerprint density at radius 2 is 1.45 bits per heavy atom. The standard InChI is InChI=1S/C24H17F2N3O3S/c25-18-6-1-15(2-7-18)17-5-11-21(27)22(13-17)29-24(30)16-3-9-20(10-4-16)33(31,32)23-12-8-19(26)14-28-23/h1-14H,27H2,(H,29,30). The average Bonchev–Trinajstić information content (AvgIpc) is 2.81. The summed E-state index contributed by atoms with van der Waals surface area (Å²) in [5, 5.41) is 2.40. The first kappa shape index (κ1) is 22.1. The van der Waals surface area contributed by atoms with Crippen molar-refractivity contribution in [3.63, 3.8) is 0 Å². The molecule has 6 nitrogen and oxygen atoms in total. The van der Waals surface area contributed by atoms with E-state index in [0.29, 0.717) is 11.4 Å². The van der Waals surface area contributed by atoms with Gasteiger partial charge in [-0.05, 0) is 71.8 Å². The monoisotopic (exact) mass is 465 g/mol. The van der Waals surface area contributed by atoms with Gasteiger partial charge in [-0.1, -0.05) is 18.2 Å². The molecule has 3 aromatic carbocycles. The van der Waals surface area contributed by atoms with Crippen LogP contribution in [0.15, 0.2) is 95.0 Å². The molecule has 3 N–H and O–H groups in total. The highest BCUT2D eigenvalue weighted by atomic mass is 32.2. The number of aromatic nitrogens is 1. The second-order valence-corrected chi connectivity index (χ2v) is 9.00. The number of anilines is 2. The van der Waals surface area contributed by atoms with Crippen LogP contribution in [-0.2, 0) is 9.84 Å².